The monoisotopic (exact) mass is 255 g/mol. The Bertz CT molecular complexity index is 396. The number of nitrogens with one attached hydrogen (secondary N) is 1. The van der Waals surface area contributed by atoms with Gasteiger partial charge in [-0.05, 0) is 27.9 Å². The van der Waals surface area contributed by atoms with E-state index in [9.17, 15) is 4.39 Å². The average molecular weight is 255 g/mol. The van der Waals surface area contributed by atoms with E-state index >= 15 is 0 Å². The Hall–Kier alpha value is -1.49. The number of nitrogens with zero attached hydrogens (tertiary/aromatic N) is 1. The van der Waals surface area contributed by atoms with Crippen molar-refractivity contribution in [2.75, 3.05) is 38.3 Å². The van der Waals surface area contributed by atoms with Crippen LogP contribution in [0.3, 0.4) is 0 Å². The minimum absolute atomic E-state index is 0.210. The zero-order valence-electron chi connectivity index (χ0n) is 11.5. The molecule has 18 heavy (non-hydrogen) atoms. The summed E-state index contributed by atoms with van der Waals surface area (Å²) in [5.74, 6) is -0.202. The van der Waals surface area contributed by atoms with E-state index in [0.29, 0.717) is 18.0 Å². The molecule has 0 amide bonds. The van der Waals surface area contributed by atoms with Gasteiger partial charge in [-0.1, -0.05) is 0 Å². The number of benzene rings is 1. The molecule has 1 unspecified atom stereocenters. The molecule has 1 rings (SSSR count). The van der Waals surface area contributed by atoms with Gasteiger partial charge in [0.1, 0.15) is 0 Å². The number of rotatable bonds is 6. The van der Waals surface area contributed by atoms with Crippen LogP contribution in [-0.2, 0) is 0 Å². The molecular formula is C13H22FN3O. The minimum Gasteiger partial charge on any atom is -0.491 e. The fourth-order valence-electron chi connectivity index (χ4n) is 1.82. The molecule has 0 fully saturated rings. The molecule has 0 radical (unpaired) electrons. The largest absolute Gasteiger partial charge is 0.491 e. The number of hydrogen-bond acceptors (Lipinski definition) is 4. The smallest absolute Gasteiger partial charge is 0.167 e. The molecule has 0 aromatic heterocycles. The third kappa shape index (κ3) is 4.07. The molecule has 0 saturated heterocycles. The Balaban J connectivity index is 2.84. The van der Waals surface area contributed by atoms with Crippen molar-refractivity contribution < 1.29 is 9.13 Å². The maximum absolute atomic E-state index is 13.5. The maximum atomic E-state index is 13.5. The van der Waals surface area contributed by atoms with Gasteiger partial charge in [-0.2, -0.15) is 0 Å². The van der Waals surface area contributed by atoms with Crippen molar-refractivity contribution in [2.24, 2.45) is 0 Å². The zero-order valence-corrected chi connectivity index (χ0v) is 11.5. The second-order valence-electron chi connectivity index (χ2n) is 4.61. The highest BCUT2D eigenvalue weighted by Crippen LogP contribution is 2.28. The topological polar surface area (TPSA) is 50.5 Å². The molecule has 0 heterocycles. The van der Waals surface area contributed by atoms with Crippen LogP contribution in [0.2, 0.25) is 0 Å². The van der Waals surface area contributed by atoms with Crippen LogP contribution in [-0.4, -0.2) is 38.2 Å². The number of nitrogen functional groups attached to an aromatic ring is 1. The van der Waals surface area contributed by atoms with Crippen LogP contribution in [0.5, 0.6) is 5.75 Å². The summed E-state index contributed by atoms with van der Waals surface area (Å²) in [4.78, 5) is 2.07. The van der Waals surface area contributed by atoms with Gasteiger partial charge in [0.2, 0.25) is 0 Å². The summed E-state index contributed by atoms with van der Waals surface area (Å²) in [7, 11) is 4.00. The SMILES string of the molecule is CCOc1cc(NC(C)CN(C)C)c(N)cc1F. The summed E-state index contributed by atoms with van der Waals surface area (Å²) < 4.78 is 18.7. The highest BCUT2D eigenvalue weighted by molar-refractivity contribution is 5.69. The third-order valence-electron chi connectivity index (χ3n) is 2.44. The van der Waals surface area contributed by atoms with Gasteiger partial charge in [0, 0.05) is 24.7 Å². The maximum Gasteiger partial charge on any atom is 0.167 e. The third-order valence-corrected chi connectivity index (χ3v) is 2.44. The van der Waals surface area contributed by atoms with Crippen LogP contribution in [0, 0.1) is 5.82 Å². The molecule has 0 aliphatic carbocycles. The van der Waals surface area contributed by atoms with Crippen LogP contribution >= 0.6 is 0 Å². The summed E-state index contributed by atoms with van der Waals surface area (Å²) in [6.07, 6.45) is 0. The number of likely N-dealkylation sites (N-methyl/N-ethyl adjacent to an activating group) is 1. The van der Waals surface area contributed by atoms with Crippen LogP contribution < -0.4 is 15.8 Å². The molecule has 4 nitrogen and oxygen atoms in total. The molecule has 0 aliphatic rings. The number of nitrogens with two attached hydrogens (primary N) is 1. The Labute approximate surface area is 108 Å². The number of hydrogen-bond donors (Lipinski definition) is 2. The van der Waals surface area contributed by atoms with Gasteiger partial charge in [-0.15, -0.1) is 0 Å². The van der Waals surface area contributed by atoms with Crippen molar-refractivity contribution >= 4 is 11.4 Å². The Kier molecular flexibility index (Phi) is 5.22. The second-order valence-corrected chi connectivity index (χ2v) is 4.61. The average Bonchev–Trinajstić information content (AvgIpc) is 2.24. The van der Waals surface area contributed by atoms with Crippen molar-refractivity contribution in [2.45, 2.75) is 19.9 Å². The minimum atomic E-state index is -0.430. The van der Waals surface area contributed by atoms with Gasteiger partial charge in [-0.3, -0.25) is 0 Å². The summed E-state index contributed by atoms with van der Waals surface area (Å²) in [6.45, 7) is 5.15. The molecule has 0 saturated carbocycles. The lowest BCUT2D eigenvalue weighted by molar-refractivity contribution is 0.322. The highest BCUT2D eigenvalue weighted by atomic mass is 19.1. The first kappa shape index (κ1) is 14.6. The normalized spacial score (nSPS) is 12.6. The lowest BCUT2D eigenvalue weighted by Gasteiger charge is -2.21. The lowest BCUT2D eigenvalue weighted by Crippen LogP contribution is -2.29. The molecular weight excluding hydrogens is 233 g/mol. The van der Waals surface area contributed by atoms with Crippen molar-refractivity contribution in [3.63, 3.8) is 0 Å². The van der Waals surface area contributed by atoms with Crippen LogP contribution in [0.15, 0.2) is 12.1 Å². The molecule has 0 spiro atoms. The molecule has 1 aromatic rings. The van der Waals surface area contributed by atoms with E-state index in [0.717, 1.165) is 6.54 Å². The number of ether oxygens (including phenoxy) is 1. The Morgan fingerprint density at radius 2 is 2.11 bits per heavy atom. The Morgan fingerprint density at radius 1 is 1.44 bits per heavy atom. The first-order valence-electron chi connectivity index (χ1n) is 6.07. The van der Waals surface area contributed by atoms with Gasteiger partial charge in [0.15, 0.2) is 11.6 Å². The molecule has 5 heteroatoms. The van der Waals surface area contributed by atoms with Gasteiger partial charge in [-0.25, -0.2) is 4.39 Å². The van der Waals surface area contributed by atoms with E-state index < -0.39 is 5.82 Å². The van der Waals surface area contributed by atoms with E-state index in [4.69, 9.17) is 10.5 Å². The van der Waals surface area contributed by atoms with E-state index in [1.807, 2.05) is 27.9 Å². The number of halogens is 1. The molecule has 102 valence electrons. The molecule has 1 atom stereocenters. The van der Waals surface area contributed by atoms with Gasteiger partial charge in [0.25, 0.3) is 0 Å². The van der Waals surface area contributed by atoms with Crippen molar-refractivity contribution in [1.82, 2.24) is 4.90 Å². The van der Waals surface area contributed by atoms with Crippen molar-refractivity contribution in [3.05, 3.63) is 17.9 Å². The van der Waals surface area contributed by atoms with Gasteiger partial charge in [0.05, 0.1) is 18.0 Å². The summed E-state index contributed by atoms with van der Waals surface area (Å²) in [5, 5.41) is 3.25. The molecule has 0 bridgehead atoms. The van der Waals surface area contributed by atoms with Crippen LogP contribution in [0.1, 0.15) is 13.8 Å². The predicted molar refractivity (Wildman–Crippen MR) is 73.6 cm³/mol. The van der Waals surface area contributed by atoms with E-state index in [2.05, 4.69) is 10.2 Å². The first-order chi connectivity index (χ1) is 8.43. The summed E-state index contributed by atoms with van der Waals surface area (Å²) in [6, 6.07) is 3.11. The summed E-state index contributed by atoms with van der Waals surface area (Å²) in [5.41, 5.74) is 6.89. The molecule has 0 aliphatic heterocycles. The van der Waals surface area contributed by atoms with Crippen molar-refractivity contribution in [1.29, 1.82) is 0 Å². The molecule has 1 aromatic carbocycles. The quantitative estimate of drug-likeness (QED) is 0.765. The predicted octanol–water partition coefficient (Wildman–Crippen LogP) is 2.17. The van der Waals surface area contributed by atoms with Crippen LogP contribution in [0.4, 0.5) is 15.8 Å². The van der Waals surface area contributed by atoms with Crippen molar-refractivity contribution in [3.8, 4) is 5.75 Å². The van der Waals surface area contributed by atoms with Crippen LogP contribution in [0.25, 0.3) is 0 Å². The molecule has 3 N–H and O–H groups in total. The van der Waals surface area contributed by atoms with Gasteiger partial charge >= 0.3 is 0 Å². The van der Waals surface area contributed by atoms with Gasteiger partial charge < -0.3 is 20.7 Å². The Morgan fingerprint density at radius 3 is 2.67 bits per heavy atom. The van der Waals surface area contributed by atoms with E-state index in [-0.39, 0.29) is 11.8 Å². The second kappa shape index (κ2) is 6.44. The fraction of sp³-hybridized carbons (Fsp3) is 0.538. The van der Waals surface area contributed by atoms with E-state index in [1.54, 1.807) is 6.07 Å². The summed E-state index contributed by atoms with van der Waals surface area (Å²) >= 11 is 0. The van der Waals surface area contributed by atoms with E-state index in [1.165, 1.54) is 6.07 Å². The first-order valence-corrected chi connectivity index (χ1v) is 6.07. The lowest BCUT2D eigenvalue weighted by atomic mass is 10.2. The standard InChI is InChI=1S/C13H22FN3O/c1-5-18-13-7-12(11(15)6-10(13)14)16-9(2)8-17(3)4/h6-7,9,16H,5,8,15H2,1-4H3. The number of anilines is 2. The fourth-order valence-corrected chi connectivity index (χ4v) is 1.82. The highest BCUT2D eigenvalue weighted by Gasteiger charge is 2.11. The zero-order chi connectivity index (χ0) is 13.7.